The number of hydrogen-bond donors (Lipinski definition) is 2. The van der Waals surface area contributed by atoms with Gasteiger partial charge in [0.05, 0.1) is 5.54 Å². The molecule has 2 N–H and O–H groups in total. The van der Waals surface area contributed by atoms with Gasteiger partial charge in [0, 0.05) is 6.04 Å². The van der Waals surface area contributed by atoms with E-state index in [2.05, 4.69) is 24.5 Å². The summed E-state index contributed by atoms with van der Waals surface area (Å²) in [5, 5.41) is 5.99. The third kappa shape index (κ3) is 4.61. The van der Waals surface area contributed by atoms with E-state index in [1.807, 2.05) is 20.8 Å². The van der Waals surface area contributed by atoms with Crippen molar-refractivity contribution in [3.8, 4) is 0 Å². The van der Waals surface area contributed by atoms with Crippen molar-refractivity contribution < 1.29 is 4.79 Å². The maximum absolute atomic E-state index is 11.7. The van der Waals surface area contributed by atoms with Crippen LogP contribution in [0.2, 0.25) is 0 Å². The summed E-state index contributed by atoms with van der Waals surface area (Å²) in [6.45, 7) is 10.1. The van der Waals surface area contributed by atoms with Gasteiger partial charge in [-0.05, 0) is 40.2 Å². The Balaban J connectivity index is 4.06. The van der Waals surface area contributed by atoms with Crippen LogP contribution in [-0.2, 0) is 4.79 Å². The minimum atomic E-state index is -0.481. The predicted octanol–water partition coefficient (Wildman–Crippen LogP) is 1.54. The second-order valence-corrected chi connectivity index (χ2v) is 4.88. The molecule has 0 fully saturated rings. The molecule has 1 amide bonds. The lowest BCUT2D eigenvalue weighted by Crippen LogP contribution is -2.53. The molecule has 0 spiro atoms. The summed E-state index contributed by atoms with van der Waals surface area (Å²) in [6, 6.07) is 0.245. The van der Waals surface area contributed by atoms with Crippen LogP contribution in [0.25, 0.3) is 0 Å². The first-order chi connectivity index (χ1) is 6.29. The molecule has 0 heterocycles. The number of amides is 1. The summed E-state index contributed by atoms with van der Waals surface area (Å²) in [4.78, 5) is 11.7. The monoisotopic (exact) mass is 200 g/mol. The minimum Gasteiger partial charge on any atom is -0.352 e. The van der Waals surface area contributed by atoms with Gasteiger partial charge in [-0.3, -0.25) is 4.79 Å². The van der Waals surface area contributed by atoms with Crippen LogP contribution >= 0.6 is 0 Å². The average Bonchev–Trinajstić information content (AvgIpc) is 2.02. The van der Waals surface area contributed by atoms with Crippen molar-refractivity contribution >= 4 is 5.91 Å². The number of carbonyl (C=O) groups is 1. The third-order valence-electron chi connectivity index (χ3n) is 2.40. The zero-order valence-corrected chi connectivity index (χ0v) is 10.3. The van der Waals surface area contributed by atoms with Gasteiger partial charge in [0.15, 0.2) is 0 Å². The smallest absolute Gasteiger partial charge is 0.239 e. The Morgan fingerprint density at radius 3 is 2.14 bits per heavy atom. The highest BCUT2D eigenvalue weighted by Crippen LogP contribution is 2.06. The summed E-state index contributed by atoms with van der Waals surface area (Å²) in [5.41, 5.74) is -0.481. The van der Waals surface area contributed by atoms with E-state index in [1.165, 1.54) is 0 Å². The number of nitrogens with one attached hydrogen (secondary N) is 2. The molecule has 3 heteroatoms. The van der Waals surface area contributed by atoms with Crippen LogP contribution in [0, 0.1) is 5.92 Å². The van der Waals surface area contributed by atoms with E-state index in [4.69, 9.17) is 0 Å². The summed E-state index contributed by atoms with van der Waals surface area (Å²) in [5.74, 6) is 0.677. The molecule has 1 unspecified atom stereocenters. The first kappa shape index (κ1) is 13.4. The van der Waals surface area contributed by atoms with Crippen molar-refractivity contribution in [3.63, 3.8) is 0 Å². The maximum atomic E-state index is 11.7. The molecule has 0 aliphatic heterocycles. The highest BCUT2D eigenvalue weighted by molar-refractivity contribution is 5.85. The largest absolute Gasteiger partial charge is 0.352 e. The summed E-state index contributed by atoms with van der Waals surface area (Å²) in [6.07, 6.45) is 1.02. The normalized spacial score (nSPS) is 14.2. The van der Waals surface area contributed by atoms with E-state index in [9.17, 15) is 4.79 Å². The molecular formula is C11H24N2O. The Bertz CT molecular complexity index is 188. The van der Waals surface area contributed by atoms with Crippen molar-refractivity contribution in [2.24, 2.45) is 5.92 Å². The quantitative estimate of drug-likeness (QED) is 0.706. The Kier molecular flexibility index (Phi) is 5.13. The minimum absolute atomic E-state index is 0.0631. The van der Waals surface area contributed by atoms with Crippen LogP contribution in [-0.4, -0.2) is 24.5 Å². The summed E-state index contributed by atoms with van der Waals surface area (Å²) >= 11 is 0. The van der Waals surface area contributed by atoms with E-state index >= 15 is 0 Å². The van der Waals surface area contributed by atoms with Crippen LogP contribution in [0.15, 0.2) is 0 Å². The second-order valence-electron chi connectivity index (χ2n) is 4.88. The maximum Gasteiger partial charge on any atom is 0.239 e. The molecule has 14 heavy (non-hydrogen) atoms. The van der Waals surface area contributed by atoms with E-state index < -0.39 is 5.54 Å². The highest BCUT2D eigenvalue weighted by atomic mass is 16.2. The lowest BCUT2D eigenvalue weighted by molar-refractivity contribution is -0.126. The SMILES string of the molecule is CNC(C)(C)C(=O)NC(C)CC(C)C. The third-order valence-corrected chi connectivity index (χ3v) is 2.40. The van der Waals surface area contributed by atoms with Crippen molar-refractivity contribution in [2.45, 2.75) is 52.6 Å². The van der Waals surface area contributed by atoms with Gasteiger partial charge in [0.2, 0.25) is 5.91 Å². The molecule has 0 saturated carbocycles. The predicted molar refractivity (Wildman–Crippen MR) is 60.2 cm³/mol. The molecule has 3 nitrogen and oxygen atoms in total. The molecule has 0 bridgehead atoms. The van der Waals surface area contributed by atoms with Gasteiger partial charge in [-0.1, -0.05) is 13.8 Å². The first-order valence-corrected chi connectivity index (χ1v) is 5.29. The van der Waals surface area contributed by atoms with Crippen molar-refractivity contribution in [1.82, 2.24) is 10.6 Å². The topological polar surface area (TPSA) is 41.1 Å². The van der Waals surface area contributed by atoms with Gasteiger partial charge in [-0.25, -0.2) is 0 Å². The number of hydrogen-bond acceptors (Lipinski definition) is 2. The molecule has 0 aliphatic carbocycles. The fourth-order valence-electron chi connectivity index (χ4n) is 1.28. The van der Waals surface area contributed by atoms with Gasteiger partial charge < -0.3 is 10.6 Å². The molecular weight excluding hydrogens is 176 g/mol. The lowest BCUT2D eigenvalue weighted by atomic mass is 10.0. The van der Waals surface area contributed by atoms with Gasteiger partial charge in [-0.2, -0.15) is 0 Å². The highest BCUT2D eigenvalue weighted by Gasteiger charge is 2.26. The summed E-state index contributed by atoms with van der Waals surface area (Å²) in [7, 11) is 1.80. The van der Waals surface area contributed by atoms with Crippen molar-refractivity contribution in [3.05, 3.63) is 0 Å². The Labute approximate surface area is 87.6 Å². The zero-order chi connectivity index (χ0) is 11.4. The molecule has 0 aromatic rings. The standard InChI is InChI=1S/C11H24N2O/c1-8(2)7-9(3)13-10(14)11(4,5)12-6/h8-9,12H,7H2,1-6H3,(H,13,14). The average molecular weight is 200 g/mol. The van der Waals surface area contributed by atoms with E-state index in [0.717, 1.165) is 6.42 Å². The van der Waals surface area contributed by atoms with E-state index in [0.29, 0.717) is 5.92 Å². The van der Waals surface area contributed by atoms with Crippen LogP contribution < -0.4 is 10.6 Å². The second kappa shape index (κ2) is 5.35. The number of carbonyl (C=O) groups excluding carboxylic acids is 1. The summed E-state index contributed by atoms with van der Waals surface area (Å²) < 4.78 is 0. The van der Waals surface area contributed by atoms with Crippen LogP contribution in [0.5, 0.6) is 0 Å². The Hall–Kier alpha value is -0.570. The first-order valence-electron chi connectivity index (χ1n) is 5.29. The molecule has 0 aliphatic rings. The number of likely N-dealkylation sites (N-methyl/N-ethyl adjacent to an activating group) is 1. The van der Waals surface area contributed by atoms with E-state index in [-0.39, 0.29) is 11.9 Å². The van der Waals surface area contributed by atoms with Crippen LogP contribution in [0.4, 0.5) is 0 Å². The van der Waals surface area contributed by atoms with Gasteiger partial charge in [-0.15, -0.1) is 0 Å². The Morgan fingerprint density at radius 1 is 1.29 bits per heavy atom. The van der Waals surface area contributed by atoms with Crippen molar-refractivity contribution in [2.75, 3.05) is 7.05 Å². The molecule has 0 aromatic carbocycles. The van der Waals surface area contributed by atoms with Crippen LogP contribution in [0.3, 0.4) is 0 Å². The zero-order valence-electron chi connectivity index (χ0n) is 10.3. The molecule has 1 atom stereocenters. The van der Waals surface area contributed by atoms with Crippen LogP contribution in [0.1, 0.15) is 41.0 Å². The molecule has 84 valence electrons. The molecule has 0 saturated heterocycles. The molecule has 0 radical (unpaired) electrons. The Morgan fingerprint density at radius 2 is 1.79 bits per heavy atom. The van der Waals surface area contributed by atoms with E-state index in [1.54, 1.807) is 7.05 Å². The fourth-order valence-corrected chi connectivity index (χ4v) is 1.28. The number of rotatable bonds is 5. The van der Waals surface area contributed by atoms with Gasteiger partial charge >= 0.3 is 0 Å². The van der Waals surface area contributed by atoms with Gasteiger partial charge in [0.25, 0.3) is 0 Å². The van der Waals surface area contributed by atoms with Gasteiger partial charge in [0.1, 0.15) is 0 Å². The van der Waals surface area contributed by atoms with Crippen molar-refractivity contribution in [1.29, 1.82) is 0 Å². The fraction of sp³-hybridized carbons (Fsp3) is 0.909. The molecule has 0 rings (SSSR count). The molecule has 0 aromatic heterocycles. The lowest BCUT2D eigenvalue weighted by Gasteiger charge is -2.26.